The molecule has 1 amide bonds. The van der Waals surface area contributed by atoms with Gasteiger partial charge in [0.15, 0.2) is 11.6 Å². The molecular formula is C10H11F2NO3. The molecule has 88 valence electrons. The Morgan fingerprint density at radius 1 is 1.38 bits per heavy atom. The number of rotatable bonds is 3. The number of carbonyl (C=O) groups is 1. The lowest BCUT2D eigenvalue weighted by molar-refractivity contribution is 0.133. The fourth-order valence-electron chi connectivity index (χ4n) is 1.32. The molecule has 1 aromatic carbocycles. The molecule has 4 nitrogen and oxygen atoms in total. The van der Waals surface area contributed by atoms with Gasteiger partial charge in [-0.3, -0.25) is 0 Å². The average molecular weight is 231 g/mol. The topological polar surface area (TPSA) is 69.6 Å². The lowest BCUT2D eigenvalue weighted by Gasteiger charge is -2.20. The smallest absolute Gasteiger partial charge is 0.405 e. The molecule has 0 heterocycles. The number of benzene rings is 1. The summed E-state index contributed by atoms with van der Waals surface area (Å²) < 4.78 is 25.6. The summed E-state index contributed by atoms with van der Waals surface area (Å²) >= 11 is 0. The molecule has 2 atom stereocenters. The monoisotopic (exact) mass is 231 g/mol. The normalized spacial score (nSPS) is 14.2. The van der Waals surface area contributed by atoms with Gasteiger partial charge in [-0.2, -0.15) is 0 Å². The van der Waals surface area contributed by atoms with Crippen LogP contribution in [-0.4, -0.2) is 22.4 Å². The van der Waals surface area contributed by atoms with E-state index in [-0.39, 0.29) is 5.56 Å². The molecule has 0 aromatic heterocycles. The number of aliphatic hydroxyl groups excluding tert-OH is 1. The number of hydrogen-bond donors (Lipinski definition) is 3. The summed E-state index contributed by atoms with van der Waals surface area (Å²) in [6.07, 6.45) is -2.41. The molecule has 0 radical (unpaired) electrons. The molecule has 0 fully saturated rings. The van der Waals surface area contributed by atoms with E-state index in [1.807, 2.05) is 5.32 Å². The van der Waals surface area contributed by atoms with Gasteiger partial charge in [0.2, 0.25) is 0 Å². The van der Waals surface area contributed by atoms with Gasteiger partial charge in [-0.05, 0) is 24.6 Å². The maximum absolute atomic E-state index is 12.9. The number of halogens is 2. The van der Waals surface area contributed by atoms with Crippen molar-refractivity contribution in [3.63, 3.8) is 0 Å². The Morgan fingerprint density at radius 3 is 2.44 bits per heavy atom. The van der Waals surface area contributed by atoms with E-state index < -0.39 is 29.9 Å². The van der Waals surface area contributed by atoms with Gasteiger partial charge in [-0.1, -0.05) is 6.07 Å². The fourth-order valence-corrected chi connectivity index (χ4v) is 1.32. The van der Waals surface area contributed by atoms with Crippen LogP contribution in [0.5, 0.6) is 0 Å². The second kappa shape index (κ2) is 4.89. The van der Waals surface area contributed by atoms with E-state index in [0.29, 0.717) is 0 Å². The van der Waals surface area contributed by atoms with E-state index in [0.717, 1.165) is 12.1 Å². The molecule has 0 aliphatic carbocycles. The van der Waals surface area contributed by atoms with Crippen LogP contribution in [0.3, 0.4) is 0 Å². The van der Waals surface area contributed by atoms with Crippen LogP contribution in [0.25, 0.3) is 0 Å². The first-order valence-electron chi connectivity index (χ1n) is 4.54. The van der Waals surface area contributed by atoms with Gasteiger partial charge in [-0.15, -0.1) is 0 Å². The van der Waals surface area contributed by atoms with Gasteiger partial charge >= 0.3 is 6.09 Å². The SMILES string of the molecule is C[C@@H](O)[C@H](NC(=O)O)c1ccc(F)c(F)c1. The van der Waals surface area contributed by atoms with Crippen molar-refractivity contribution in [3.05, 3.63) is 35.4 Å². The maximum atomic E-state index is 12.9. The largest absolute Gasteiger partial charge is 0.465 e. The molecule has 3 N–H and O–H groups in total. The lowest BCUT2D eigenvalue weighted by atomic mass is 10.0. The van der Waals surface area contributed by atoms with E-state index in [1.54, 1.807) is 0 Å². The van der Waals surface area contributed by atoms with E-state index in [2.05, 4.69) is 0 Å². The van der Waals surface area contributed by atoms with Crippen LogP contribution in [0.15, 0.2) is 18.2 Å². The van der Waals surface area contributed by atoms with Crippen LogP contribution in [0.1, 0.15) is 18.5 Å². The van der Waals surface area contributed by atoms with Crippen molar-refractivity contribution < 1.29 is 23.8 Å². The Morgan fingerprint density at radius 2 is 2.00 bits per heavy atom. The molecule has 16 heavy (non-hydrogen) atoms. The molecule has 0 aliphatic rings. The Balaban J connectivity index is 3.01. The number of hydrogen-bond acceptors (Lipinski definition) is 2. The number of amides is 1. The minimum atomic E-state index is -1.35. The van der Waals surface area contributed by atoms with Gasteiger partial charge < -0.3 is 15.5 Å². The quantitative estimate of drug-likeness (QED) is 0.740. The van der Waals surface area contributed by atoms with Gasteiger partial charge in [0, 0.05) is 0 Å². The Labute approximate surface area is 90.5 Å². The molecule has 0 bridgehead atoms. The zero-order chi connectivity index (χ0) is 12.3. The first-order chi connectivity index (χ1) is 7.41. The Kier molecular flexibility index (Phi) is 3.78. The minimum absolute atomic E-state index is 0.163. The van der Waals surface area contributed by atoms with E-state index >= 15 is 0 Å². The molecule has 1 aromatic rings. The summed E-state index contributed by atoms with van der Waals surface area (Å²) in [4.78, 5) is 10.4. The van der Waals surface area contributed by atoms with Crippen molar-refractivity contribution in [2.45, 2.75) is 19.1 Å². The summed E-state index contributed by atoms with van der Waals surface area (Å²) in [5.74, 6) is -2.11. The minimum Gasteiger partial charge on any atom is -0.465 e. The molecule has 0 saturated carbocycles. The van der Waals surface area contributed by atoms with Gasteiger partial charge in [0.1, 0.15) is 0 Å². The van der Waals surface area contributed by atoms with Crippen LogP contribution >= 0.6 is 0 Å². The van der Waals surface area contributed by atoms with Crippen LogP contribution in [0, 0.1) is 11.6 Å². The van der Waals surface area contributed by atoms with Crippen molar-refractivity contribution in [2.24, 2.45) is 0 Å². The predicted molar refractivity (Wildman–Crippen MR) is 51.9 cm³/mol. The van der Waals surface area contributed by atoms with Crippen molar-refractivity contribution in [1.29, 1.82) is 0 Å². The Bertz CT molecular complexity index is 396. The number of carboxylic acid groups (broad SMARTS) is 1. The fraction of sp³-hybridized carbons (Fsp3) is 0.300. The summed E-state index contributed by atoms with van der Waals surface area (Å²) in [5, 5.41) is 19.9. The number of aliphatic hydroxyl groups is 1. The van der Waals surface area contributed by atoms with Gasteiger partial charge in [-0.25, -0.2) is 13.6 Å². The summed E-state index contributed by atoms with van der Waals surface area (Å²) in [6.45, 7) is 1.35. The van der Waals surface area contributed by atoms with Crippen LogP contribution in [0.2, 0.25) is 0 Å². The molecule has 0 saturated heterocycles. The number of nitrogens with one attached hydrogen (secondary N) is 1. The zero-order valence-electron chi connectivity index (χ0n) is 8.45. The highest BCUT2D eigenvalue weighted by Gasteiger charge is 2.20. The standard InChI is InChI=1S/C10H11F2NO3/c1-5(14)9(13-10(15)16)6-2-3-7(11)8(12)4-6/h2-5,9,13-14H,1H3,(H,15,16)/t5-,9+/m1/s1. The van der Waals surface area contributed by atoms with Gasteiger partial charge in [0.25, 0.3) is 0 Å². The van der Waals surface area contributed by atoms with Crippen molar-refractivity contribution >= 4 is 6.09 Å². The predicted octanol–water partition coefficient (Wildman–Crippen LogP) is 1.65. The summed E-state index contributed by atoms with van der Waals surface area (Å²) in [7, 11) is 0. The Hall–Kier alpha value is -1.69. The second-order valence-corrected chi connectivity index (χ2v) is 3.34. The van der Waals surface area contributed by atoms with Gasteiger partial charge in [0.05, 0.1) is 12.1 Å². The van der Waals surface area contributed by atoms with Crippen LogP contribution in [0.4, 0.5) is 13.6 Å². The first-order valence-corrected chi connectivity index (χ1v) is 4.54. The molecule has 0 aliphatic heterocycles. The molecule has 1 rings (SSSR count). The third kappa shape index (κ3) is 2.90. The van der Waals surface area contributed by atoms with Crippen molar-refractivity contribution in [2.75, 3.05) is 0 Å². The van der Waals surface area contributed by atoms with Crippen LogP contribution < -0.4 is 5.32 Å². The summed E-state index contributed by atoms with van der Waals surface area (Å²) in [6, 6.07) is 1.95. The molecule has 0 unspecified atom stereocenters. The third-order valence-electron chi connectivity index (χ3n) is 2.06. The van der Waals surface area contributed by atoms with Crippen molar-refractivity contribution in [1.82, 2.24) is 5.32 Å². The van der Waals surface area contributed by atoms with E-state index in [1.165, 1.54) is 13.0 Å². The van der Waals surface area contributed by atoms with E-state index in [9.17, 15) is 18.7 Å². The average Bonchev–Trinajstić information content (AvgIpc) is 2.18. The zero-order valence-corrected chi connectivity index (χ0v) is 8.45. The highest BCUT2D eigenvalue weighted by Crippen LogP contribution is 2.19. The highest BCUT2D eigenvalue weighted by atomic mass is 19.2. The molecular weight excluding hydrogens is 220 g/mol. The van der Waals surface area contributed by atoms with E-state index in [4.69, 9.17) is 5.11 Å². The second-order valence-electron chi connectivity index (χ2n) is 3.34. The summed E-state index contributed by atoms with van der Waals surface area (Å²) in [5.41, 5.74) is 0.163. The van der Waals surface area contributed by atoms with Crippen LogP contribution in [-0.2, 0) is 0 Å². The third-order valence-corrected chi connectivity index (χ3v) is 2.06. The lowest BCUT2D eigenvalue weighted by Crippen LogP contribution is -2.34. The molecule has 0 spiro atoms. The maximum Gasteiger partial charge on any atom is 0.405 e. The van der Waals surface area contributed by atoms with Crippen molar-refractivity contribution in [3.8, 4) is 0 Å². The highest BCUT2D eigenvalue weighted by molar-refractivity contribution is 5.65. The first kappa shape index (κ1) is 12.4. The molecule has 6 heteroatoms.